The molecule has 92 valence electrons. The van der Waals surface area contributed by atoms with E-state index in [0.29, 0.717) is 6.61 Å². The summed E-state index contributed by atoms with van der Waals surface area (Å²) in [6, 6.07) is 7.62. The lowest BCUT2D eigenvalue weighted by atomic mass is 9.77. The van der Waals surface area contributed by atoms with Gasteiger partial charge in [-0.3, -0.25) is 4.79 Å². The lowest BCUT2D eigenvalue weighted by molar-refractivity contribution is -0.124. The van der Waals surface area contributed by atoms with E-state index in [0.717, 1.165) is 12.0 Å². The van der Waals surface area contributed by atoms with Gasteiger partial charge in [0, 0.05) is 7.11 Å². The van der Waals surface area contributed by atoms with Crippen LogP contribution in [0.2, 0.25) is 0 Å². The highest BCUT2D eigenvalue weighted by Crippen LogP contribution is 2.34. The number of benzene rings is 1. The molecule has 1 amide bonds. The van der Waals surface area contributed by atoms with E-state index in [1.165, 1.54) is 5.56 Å². The summed E-state index contributed by atoms with van der Waals surface area (Å²) < 4.78 is 4.92. The van der Waals surface area contributed by atoms with Crippen LogP contribution in [0, 0.1) is 0 Å². The van der Waals surface area contributed by atoms with E-state index in [2.05, 4.69) is 5.32 Å². The van der Waals surface area contributed by atoms with Gasteiger partial charge in [0.15, 0.2) is 0 Å². The summed E-state index contributed by atoms with van der Waals surface area (Å²) in [5.41, 5.74) is 2.33. The molecule has 1 aliphatic carbocycles. The molecule has 1 aliphatic rings. The Balaban J connectivity index is 1.95. The lowest BCUT2D eigenvalue weighted by Gasteiger charge is -2.30. The van der Waals surface area contributed by atoms with E-state index in [4.69, 9.17) is 9.84 Å². The zero-order chi connectivity index (χ0) is 12.3. The van der Waals surface area contributed by atoms with Crippen LogP contribution in [0.5, 0.6) is 0 Å². The highest BCUT2D eigenvalue weighted by Gasteiger charge is 2.32. The molecule has 0 aromatic heterocycles. The first-order chi connectivity index (χ1) is 8.26. The number of fused-ring (bicyclic) bond motifs is 1. The molecule has 17 heavy (non-hydrogen) atoms. The molecule has 0 radical (unpaired) electrons. The highest BCUT2D eigenvalue weighted by molar-refractivity contribution is 5.87. The van der Waals surface area contributed by atoms with Gasteiger partial charge in [0.2, 0.25) is 5.91 Å². The van der Waals surface area contributed by atoms with Crippen LogP contribution in [0.15, 0.2) is 24.3 Å². The Morgan fingerprint density at radius 2 is 2.35 bits per heavy atom. The fraction of sp³-hybridized carbons (Fsp3) is 0.462. The van der Waals surface area contributed by atoms with E-state index in [-0.39, 0.29) is 24.5 Å². The smallest absolute Gasteiger partial charge is 0.228 e. The summed E-state index contributed by atoms with van der Waals surface area (Å²) in [5, 5.41) is 11.9. The Morgan fingerprint density at radius 1 is 1.59 bits per heavy atom. The van der Waals surface area contributed by atoms with Gasteiger partial charge in [0.05, 0.1) is 25.2 Å². The maximum Gasteiger partial charge on any atom is 0.228 e. The minimum atomic E-state index is -0.319. The van der Waals surface area contributed by atoms with Crippen molar-refractivity contribution in [2.24, 2.45) is 0 Å². The second-order valence-electron chi connectivity index (χ2n) is 4.30. The van der Waals surface area contributed by atoms with E-state index < -0.39 is 0 Å². The topological polar surface area (TPSA) is 58.6 Å². The first-order valence-electron chi connectivity index (χ1n) is 5.74. The standard InChI is InChI=1S/C13H17NO3/c1-17-8-10(7-15)14-13(16)12-6-9-4-2-3-5-11(9)12/h2-5,10,12,15H,6-8H2,1H3,(H,14,16). The first kappa shape index (κ1) is 12.1. The van der Waals surface area contributed by atoms with Gasteiger partial charge in [-0.2, -0.15) is 0 Å². The fourth-order valence-electron chi connectivity index (χ4n) is 2.14. The molecule has 2 N–H and O–H groups in total. The molecule has 0 saturated carbocycles. The number of carbonyl (C=O) groups excluding carboxylic acids is 1. The SMILES string of the molecule is COCC(CO)NC(=O)C1Cc2ccccc21. The summed E-state index contributed by atoms with van der Waals surface area (Å²) in [6.45, 7) is 0.227. The Bertz CT molecular complexity index is 405. The van der Waals surface area contributed by atoms with Crippen LogP contribution in [-0.4, -0.2) is 37.4 Å². The largest absolute Gasteiger partial charge is 0.394 e. The van der Waals surface area contributed by atoms with Crippen molar-refractivity contribution in [3.05, 3.63) is 35.4 Å². The van der Waals surface area contributed by atoms with Gasteiger partial charge < -0.3 is 15.2 Å². The van der Waals surface area contributed by atoms with E-state index in [1.54, 1.807) is 7.11 Å². The summed E-state index contributed by atoms with van der Waals surface area (Å²) in [5.74, 6) is -0.100. The Hall–Kier alpha value is -1.39. The zero-order valence-electron chi connectivity index (χ0n) is 9.85. The molecule has 1 aromatic rings. The average Bonchev–Trinajstić information content (AvgIpc) is 2.30. The van der Waals surface area contributed by atoms with Gasteiger partial charge in [-0.15, -0.1) is 0 Å². The molecule has 0 heterocycles. The minimum absolute atomic E-state index is 0.0280. The number of nitrogens with one attached hydrogen (secondary N) is 1. The maximum atomic E-state index is 12.0. The van der Waals surface area contributed by atoms with Crippen molar-refractivity contribution in [1.82, 2.24) is 5.32 Å². The number of aliphatic hydroxyl groups excluding tert-OH is 1. The van der Waals surface area contributed by atoms with E-state index in [1.807, 2.05) is 24.3 Å². The molecule has 2 rings (SSSR count). The van der Waals surface area contributed by atoms with Crippen molar-refractivity contribution >= 4 is 5.91 Å². The Kier molecular flexibility index (Phi) is 3.76. The fourth-order valence-corrected chi connectivity index (χ4v) is 2.14. The number of hydrogen-bond donors (Lipinski definition) is 2. The second kappa shape index (κ2) is 5.29. The van der Waals surface area contributed by atoms with Crippen molar-refractivity contribution < 1.29 is 14.6 Å². The monoisotopic (exact) mass is 235 g/mol. The molecule has 0 spiro atoms. The van der Waals surface area contributed by atoms with Crippen molar-refractivity contribution in [1.29, 1.82) is 0 Å². The van der Waals surface area contributed by atoms with Gasteiger partial charge in [-0.1, -0.05) is 24.3 Å². The molecule has 2 atom stereocenters. The quantitative estimate of drug-likeness (QED) is 0.779. The van der Waals surface area contributed by atoms with E-state index >= 15 is 0 Å². The maximum absolute atomic E-state index is 12.0. The predicted octanol–water partition coefficient (Wildman–Crippen LogP) is 0.450. The summed E-state index contributed by atoms with van der Waals surface area (Å²) >= 11 is 0. The number of rotatable bonds is 5. The third kappa shape index (κ3) is 2.48. The van der Waals surface area contributed by atoms with Crippen LogP contribution < -0.4 is 5.32 Å². The minimum Gasteiger partial charge on any atom is -0.394 e. The molecule has 1 aromatic carbocycles. The lowest BCUT2D eigenvalue weighted by Crippen LogP contribution is -2.45. The van der Waals surface area contributed by atoms with Crippen LogP contribution in [0.25, 0.3) is 0 Å². The van der Waals surface area contributed by atoms with Crippen LogP contribution >= 0.6 is 0 Å². The number of aliphatic hydroxyl groups is 1. The van der Waals surface area contributed by atoms with Gasteiger partial charge in [-0.05, 0) is 17.5 Å². The van der Waals surface area contributed by atoms with Crippen LogP contribution in [0.3, 0.4) is 0 Å². The van der Waals surface area contributed by atoms with Crippen molar-refractivity contribution in [3.8, 4) is 0 Å². The summed E-state index contributed by atoms with van der Waals surface area (Å²) in [4.78, 5) is 12.0. The van der Waals surface area contributed by atoms with Crippen LogP contribution in [0.4, 0.5) is 0 Å². The molecule has 0 saturated heterocycles. The van der Waals surface area contributed by atoms with Crippen molar-refractivity contribution in [2.45, 2.75) is 18.4 Å². The first-order valence-corrected chi connectivity index (χ1v) is 5.74. The molecular formula is C13H17NO3. The van der Waals surface area contributed by atoms with Gasteiger partial charge in [0.1, 0.15) is 0 Å². The number of hydrogen-bond acceptors (Lipinski definition) is 3. The summed E-state index contributed by atoms with van der Waals surface area (Å²) in [6.07, 6.45) is 0.785. The van der Waals surface area contributed by atoms with Gasteiger partial charge in [-0.25, -0.2) is 0 Å². The van der Waals surface area contributed by atoms with Crippen LogP contribution in [0.1, 0.15) is 17.0 Å². The normalized spacial score (nSPS) is 19.1. The third-order valence-electron chi connectivity index (χ3n) is 3.11. The van der Waals surface area contributed by atoms with Crippen molar-refractivity contribution in [3.63, 3.8) is 0 Å². The summed E-state index contributed by atoms with van der Waals surface area (Å²) in [7, 11) is 1.55. The Morgan fingerprint density at radius 3 is 3.00 bits per heavy atom. The highest BCUT2D eigenvalue weighted by atomic mass is 16.5. The second-order valence-corrected chi connectivity index (χ2v) is 4.30. The molecular weight excluding hydrogens is 218 g/mol. The van der Waals surface area contributed by atoms with Crippen LogP contribution in [-0.2, 0) is 16.0 Å². The molecule has 0 aliphatic heterocycles. The van der Waals surface area contributed by atoms with Gasteiger partial charge >= 0.3 is 0 Å². The number of carbonyl (C=O) groups is 1. The predicted molar refractivity (Wildman–Crippen MR) is 63.8 cm³/mol. The molecule has 4 heteroatoms. The molecule has 4 nitrogen and oxygen atoms in total. The average molecular weight is 235 g/mol. The number of amides is 1. The zero-order valence-corrected chi connectivity index (χ0v) is 9.85. The van der Waals surface area contributed by atoms with E-state index in [9.17, 15) is 4.79 Å². The van der Waals surface area contributed by atoms with Gasteiger partial charge in [0.25, 0.3) is 0 Å². The van der Waals surface area contributed by atoms with Crippen molar-refractivity contribution in [2.75, 3.05) is 20.3 Å². The third-order valence-corrected chi connectivity index (χ3v) is 3.11. The molecule has 2 unspecified atom stereocenters. The number of ether oxygens (including phenoxy) is 1. The Labute approximate surface area is 101 Å². The number of methoxy groups -OCH3 is 1. The molecule has 0 bridgehead atoms. The molecule has 0 fully saturated rings.